The fourth-order valence-corrected chi connectivity index (χ4v) is 3.07. The highest BCUT2D eigenvalue weighted by atomic mass is 32.1. The second-order valence-corrected chi connectivity index (χ2v) is 5.97. The van der Waals surface area contributed by atoms with Gasteiger partial charge in [0.15, 0.2) is 18.1 Å². The van der Waals surface area contributed by atoms with Crippen molar-refractivity contribution >= 4 is 23.3 Å². The van der Waals surface area contributed by atoms with Gasteiger partial charge in [0.1, 0.15) is 6.61 Å². The summed E-state index contributed by atoms with van der Waals surface area (Å²) in [4.78, 5) is 14.1. The zero-order chi connectivity index (χ0) is 17.6. The Morgan fingerprint density at radius 1 is 1.16 bits per heavy atom. The number of carbonyl (C=O) groups is 1. The Labute approximate surface area is 152 Å². The molecule has 130 valence electrons. The van der Waals surface area contributed by atoms with Crippen molar-refractivity contribution in [3.8, 4) is 11.5 Å². The van der Waals surface area contributed by atoms with Crippen molar-refractivity contribution in [2.24, 2.45) is 0 Å². The van der Waals surface area contributed by atoms with E-state index in [1.807, 2.05) is 42.5 Å². The average Bonchev–Trinajstić information content (AvgIpc) is 3.01. The number of para-hydroxylation sites is 2. The maximum absolute atomic E-state index is 12.6. The fourth-order valence-electron chi connectivity index (χ4n) is 2.75. The minimum absolute atomic E-state index is 0.122. The number of nitrogens with zero attached hydrogens (tertiary/aromatic N) is 1. The lowest BCUT2D eigenvalue weighted by atomic mass is 10.1. The molecule has 0 unspecified atom stereocenters. The van der Waals surface area contributed by atoms with Crippen LogP contribution in [-0.2, 0) is 16.0 Å². The van der Waals surface area contributed by atoms with Gasteiger partial charge in [-0.3, -0.25) is 9.69 Å². The lowest BCUT2D eigenvalue weighted by molar-refractivity contribution is -0.130. The lowest BCUT2D eigenvalue weighted by Crippen LogP contribution is -2.42. The molecule has 25 heavy (non-hydrogen) atoms. The van der Waals surface area contributed by atoms with Crippen LogP contribution in [0.15, 0.2) is 54.6 Å². The van der Waals surface area contributed by atoms with Crippen molar-refractivity contribution in [1.82, 2.24) is 4.90 Å². The van der Waals surface area contributed by atoms with Crippen LogP contribution in [0.2, 0.25) is 0 Å². The van der Waals surface area contributed by atoms with Crippen LogP contribution in [-0.4, -0.2) is 42.3 Å². The van der Waals surface area contributed by atoms with E-state index in [0.29, 0.717) is 24.5 Å². The molecule has 0 aliphatic carbocycles. The fraction of sp³-hybridized carbons (Fsp3) is 0.263. The molecule has 0 N–H and O–H groups in total. The second-order valence-electron chi connectivity index (χ2n) is 5.62. The van der Waals surface area contributed by atoms with Crippen molar-refractivity contribution in [3.05, 3.63) is 60.2 Å². The Morgan fingerprint density at radius 3 is 2.56 bits per heavy atom. The number of benzene rings is 2. The molecule has 2 aromatic carbocycles. The molecule has 0 radical (unpaired) electrons. The summed E-state index contributed by atoms with van der Waals surface area (Å²) >= 11 is 5.19. The summed E-state index contributed by atoms with van der Waals surface area (Å²) < 4.78 is 16.3. The Hall–Kier alpha value is -2.60. The Kier molecular flexibility index (Phi) is 5.50. The second kappa shape index (κ2) is 7.98. The minimum Gasteiger partial charge on any atom is -0.493 e. The Bertz CT molecular complexity index is 750. The molecule has 1 aliphatic rings. The van der Waals surface area contributed by atoms with E-state index in [9.17, 15) is 4.79 Å². The molecule has 0 bridgehead atoms. The van der Waals surface area contributed by atoms with Gasteiger partial charge in [0.05, 0.1) is 13.2 Å². The van der Waals surface area contributed by atoms with Gasteiger partial charge in [-0.1, -0.05) is 42.5 Å². The summed E-state index contributed by atoms with van der Waals surface area (Å²) in [6, 6.07) is 17.0. The zero-order valence-corrected chi connectivity index (χ0v) is 14.7. The van der Waals surface area contributed by atoms with E-state index >= 15 is 0 Å². The van der Waals surface area contributed by atoms with Crippen LogP contribution in [0.5, 0.6) is 11.5 Å². The molecular formula is C19H19NO4S. The zero-order valence-electron chi connectivity index (χ0n) is 13.9. The summed E-state index contributed by atoms with van der Waals surface area (Å²) in [5.74, 6) is 0.870. The lowest BCUT2D eigenvalue weighted by Gasteiger charge is -2.21. The molecule has 6 heteroatoms. The number of carbonyl (C=O) groups excluding carboxylic acids is 1. The summed E-state index contributed by atoms with van der Waals surface area (Å²) in [6.45, 7) is 0.267. The van der Waals surface area contributed by atoms with E-state index in [1.54, 1.807) is 19.2 Å². The molecule has 1 heterocycles. The first-order chi connectivity index (χ1) is 12.2. The number of hydrogen-bond acceptors (Lipinski definition) is 5. The molecule has 0 saturated carbocycles. The number of hydrogen-bond donors (Lipinski definition) is 0. The van der Waals surface area contributed by atoms with E-state index < -0.39 is 0 Å². The maximum atomic E-state index is 12.6. The van der Waals surface area contributed by atoms with Crippen LogP contribution < -0.4 is 9.47 Å². The predicted molar refractivity (Wildman–Crippen MR) is 97.8 cm³/mol. The van der Waals surface area contributed by atoms with Gasteiger partial charge in [-0.25, -0.2) is 0 Å². The first kappa shape index (κ1) is 17.2. The van der Waals surface area contributed by atoms with E-state index in [4.69, 9.17) is 26.4 Å². The van der Waals surface area contributed by atoms with Gasteiger partial charge in [0, 0.05) is 0 Å². The third-order valence-corrected chi connectivity index (χ3v) is 4.28. The highest BCUT2D eigenvalue weighted by Crippen LogP contribution is 2.26. The molecule has 1 atom stereocenters. The van der Waals surface area contributed by atoms with E-state index in [1.165, 1.54) is 4.90 Å². The number of thiocarbonyl (C=S) groups is 1. The van der Waals surface area contributed by atoms with Crippen LogP contribution in [0.25, 0.3) is 0 Å². The van der Waals surface area contributed by atoms with E-state index in [0.717, 1.165) is 5.56 Å². The topological polar surface area (TPSA) is 48.0 Å². The first-order valence-corrected chi connectivity index (χ1v) is 8.38. The molecule has 1 saturated heterocycles. The van der Waals surface area contributed by atoms with E-state index in [-0.39, 0.29) is 23.7 Å². The van der Waals surface area contributed by atoms with Crippen molar-refractivity contribution in [2.45, 2.75) is 12.5 Å². The Balaban J connectivity index is 1.65. The summed E-state index contributed by atoms with van der Waals surface area (Å²) in [7, 11) is 1.56. The molecule has 0 spiro atoms. The molecule has 1 fully saturated rings. The van der Waals surface area contributed by atoms with Crippen LogP contribution in [0.4, 0.5) is 0 Å². The van der Waals surface area contributed by atoms with Gasteiger partial charge in [0.2, 0.25) is 0 Å². The number of methoxy groups -OCH3 is 1. The van der Waals surface area contributed by atoms with Gasteiger partial charge in [-0.05, 0) is 36.3 Å². The van der Waals surface area contributed by atoms with Crippen LogP contribution >= 0.6 is 12.2 Å². The minimum atomic E-state index is -0.227. The molecule has 0 aromatic heterocycles. The molecule has 2 aromatic rings. The van der Waals surface area contributed by atoms with Gasteiger partial charge in [-0.2, -0.15) is 0 Å². The predicted octanol–water partition coefficient (Wildman–Crippen LogP) is 2.83. The highest BCUT2D eigenvalue weighted by molar-refractivity contribution is 7.80. The highest BCUT2D eigenvalue weighted by Gasteiger charge is 2.35. The van der Waals surface area contributed by atoms with Crippen molar-refractivity contribution in [2.75, 3.05) is 20.3 Å². The number of rotatable bonds is 6. The van der Waals surface area contributed by atoms with Gasteiger partial charge >= 0.3 is 0 Å². The number of amides is 1. The van der Waals surface area contributed by atoms with Crippen molar-refractivity contribution in [1.29, 1.82) is 0 Å². The van der Waals surface area contributed by atoms with Crippen molar-refractivity contribution < 1.29 is 19.0 Å². The molecule has 1 amide bonds. The summed E-state index contributed by atoms with van der Waals surface area (Å²) in [5.41, 5.74) is 1.13. The Morgan fingerprint density at radius 2 is 1.84 bits per heavy atom. The third-order valence-electron chi connectivity index (χ3n) is 3.96. The smallest absolute Gasteiger partial charge is 0.268 e. The monoisotopic (exact) mass is 357 g/mol. The van der Waals surface area contributed by atoms with E-state index in [2.05, 4.69) is 0 Å². The number of ether oxygens (including phenoxy) is 3. The molecule has 1 aliphatic heterocycles. The van der Waals surface area contributed by atoms with Gasteiger partial charge in [0.25, 0.3) is 11.1 Å². The largest absolute Gasteiger partial charge is 0.493 e. The third kappa shape index (κ3) is 4.09. The van der Waals surface area contributed by atoms with Crippen LogP contribution in [0.3, 0.4) is 0 Å². The van der Waals surface area contributed by atoms with Crippen molar-refractivity contribution in [3.63, 3.8) is 0 Å². The van der Waals surface area contributed by atoms with Gasteiger partial charge in [-0.15, -0.1) is 0 Å². The maximum Gasteiger partial charge on any atom is 0.268 e. The molecule has 5 nitrogen and oxygen atoms in total. The summed E-state index contributed by atoms with van der Waals surface area (Å²) in [6.07, 6.45) is 0.682. The first-order valence-electron chi connectivity index (χ1n) is 7.97. The van der Waals surface area contributed by atoms with Crippen LogP contribution in [0, 0.1) is 0 Å². The van der Waals surface area contributed by atoms with Gasteiger partial charge < -0.3 is 14.2 Å². The normalized spacial score (nSPS) is 16.4. The quantitative estimate of drug-likeness (QED) is 0.744. The van der Waals surface area contributed by atoms with Crippen LogP contribution in [0.1, 0.15) is 5.56 Å². The standard InChI is InChI=1S/C19H19NO4S/c1-22-16-9-5-6-10-17(16)23-13-18(21)20-15(12-24-19(20)25)11-14-7-3-2-4-8-14/h2-10,15H,11-13H2,1H3/t15-/m0/s1. The average molecular weight is 357 g/mol. The SMILES string of the molecule is COc1ccccc1OCC(=O)N1C(=S)OC[C@@H]1Cc1ccccc1. The summed E-state index contributed by atoms with van der Waals surface area (Å²) in [5, 5.41) is 0.203. The molecular weight excluding hydrogens is 338 g/mol. The molecule has 3 rings (SSSR count).